The second-order valence-electron chi connectivity index (χ2n) is 4.88. The van der Waals surface area contributed by atoms with Crippen molar-refractivity contribution in [2.45, 2.75) is 30.9 Å². The number of hydrogen-bond donors (Lipinski definition) is 1. The van der Waals surface area contributed by atoms with Gasteiger partial charge in [-0.15, -0.1) is 0 Å². The number of rotatable bonds is 4. The number of nitrogens with zero attached hydrogens (tertiary/aromatic N) is 1. The largest absolute Gasteiger partial charge is 0.466 e. The standard InChI is InChI=1S/C12H18N2O5S2/c1-3-19-10(15)9-5-4-6-14(7-9)21(17,18)11-8(2)13-12(16)20-11/h9H,3-7H2,1-2H3,(H,13,16)/t9-/m1/s1. The van der Waals surface area contributed by atoms with Crippen molar-refractivity contribution in [1.82, 2.24) is 9.29 Å². The Morgan fingerprint density at radius 3 is 2.81 bits per heavy atom. The van der Waals surface area contributed by atoms with E-state index in [1.54, 1.807) is 13.8 Å². The lowest BCUT2D eigenvalue weighted by Crippen LogP contribution is -2.42. The maximum atomic E-state index is 12.6. The van der Waals surface area contributed by atoms with Crippen LogP contribution in [0.3, 0.4) is 0 Å². The molecule has 1 aromatic heterocycles. The van der Waals surface area contributed by atoms with Gasteiger partial charge < -0.3 is 9.72 Å². The van der Waals surface area contributed by atoms with Gasteiger partial charge in [-0.25, -0.2) is 8.42 Å². The number of piperidine rings is 1. The summed E-state index contributed by atoms with van der Waals surface area (Å²) in [5.41, 5.74) is 0.336. The van der Waals surface area contributed by atoms with Crippen molar-refractivity contribution in [3.63, 3.8) is 0 Å². The molecule has 1 N–H and O–H groups in total. The molecule has 0 aliphatic carbocycles. The zero-order valence-electron chi connectivity index (χ0n) is 11.9. The van der Waals surface area contributed by atoms with Crippen molar-refractivity contribution in [3.8, 4) is 0 Å². The number of carbonyl (C=O) groups is 1. The van der Waals surface area contributed by atoms with Crippen LogP contribution in [0.15, 0.2) is 9.00 Å². The van der Waals surface area contributed by atoms with Gasteiger partial charge in [-0.2, -0.15) is 4.31 Å². The monoisotopic (exact) mass is 334 g/mol. The molecule has 0 spiro atoms. The third-order valence-electron chi connectivity index (χ3n) is 3.36. The van der Waals surface area contributed by atoms with Gasteiger partial charge in [0, 0.05) is 18.8 Å². The van der Waals surface area contributed by atoms with E-state index in [9.17, 15) is 18.0 Å². The van der Waals surface area contributed by atoms with Crippen molar-refractivity contribution >= 4 is 27.3 Å². The fourth-order valence-corrected chi connectivity index (χ4v) is 5.33. The molecule has 1 saturated heterocycles. The number of ether oxygens (including phenoxy) is 1. The van der Waals surface area contributed by atoms with Gasteiger partial charge in [-0.05, 0) is 26.7 Å². The second kappa shape index (κ2) is 6.29. The quantitative estimate of drug-likeness (QED) is 0.818. The minimum absolute atomic E-state index is 0.0250. The highest BCUT2D eigenvalue weighted by atomic mass is 32.2. The molecule has 1 aromatic rings. The van der Waals surface area contributed by atoms with Crippen LogP contribution in [0.4, 0.5) is 0 Å². The van der Waals surface area contributed by atoms with Crippen molar-refractivity contribution in [2.75, 3.05) is 19.7 Å². The summed E-state index contributed by atoms with van der Waals surface area (Å²) in [7, 11) is -3.74. The average Bonchev–Trinajstić information content (AvgIpc) is 2.79. The van der Waals surface area contributed by atoms with E-state index in [0.717, 1.165) is 0 Å². The molecule has 2 rings (SSSR count). The second-order valence-corrected chi connectivity index (χ2v) is 8.00. The molecule has 0 radical (unpaired) electrons. The SMILES string of the molecule is CCOC(=O)[C@@H]1CCCN(S(=O)(=O)c2sc(=O)[nH]c2C)C1. The summed E-state index contributed by atoms with van der Waals surface area (Å²) in [4.78, 5) is 25.2. The number of esters is 1. The van der Waals surface area contributed by atoms with E-state index in [4.69, 9.17) is 4.74 Å². The first-order valence-corrected chi connectivity index (χ1v) is 8.98. The number of carbonyl (C=O) groups excluding carboxylic acids is 1. The molecule has 1 aliphatic heterocycles. The topological polar surface area (TPSA) is 96.5 Å². The molecule has 1 aliphatic rings. The van der Waals surface area contributed by atoms with Gasteiger partial charge in [0.1, 0.15) is 0 Å². The predicted octanol–water partition coefficient (Wildman–Crippen LogP) is 0.709. The highest BCUT2D eigenvalue weighted by Gasteiger charge is 2.35. The zero-order chi connectivity index (χ0) is 15.6. The maximum absolute atomic E-state index is 12.6. The van der Waals surface area contributed by atoms with Crippen LogP contribution in [0.25, 0.3) is 0 Å². The van der Waals surface area contributed by atoms with Crippen LogP contribution in [-0.4, -0.2) is 43.4 Å². The van der Waals surface area contributed by atoms with Gasteiger partial charge in [0.25, 0.3) is 10.0 Å². The lowest BCUT2D eigenvalue weighted by molar-refractivity contribution is -0.149. The summed E-state index contributed by atoms with van der Waals surface area (Å²) in [6.45, 7) is 4.00. The lowest BCUT2D eigenvalue weighted by Gasteiger charge is -2.30. The van der Waals surface area contributed by atoms with Crippen LogP contribution in [0.5, 0.6) is 0 Å². The average molecular weight is 334 g/mol. The molecule has 0 bridgehead atoms. The summed E-state index contributed by atoms with van der Waals surface area (Å²) in [6, 6.07) is 0. The molecular formula is C12H18N2O5S2. The van der Waals surface area contributed by atoms with E-state index in [1.807, 2.05) is 0 Å². The van der Waals surface area contributed by atoms with Crippen molar-refractivity contribution < 1.29 is 17.9 Å². The summed E-state index contributed by atoms with van der Waals surface area (Å²) >= 11 is 0.678. The zero-order valence-corrected chi connectivity index (χ0v) is 13.6. The summed E-state index contributed by atoms with van der Waals surface area (Å²) in [6.07, 6.45) is 1.22. The number of aromatic nitrogens is 1. The van der Waals surface area contributed by atoms with Crippen LogP contribution in [-0.2, 0) is 19.6 Å². The highest BCUT2D eigenvalue weighted by molar-refractivity contribution is 7.91. The first-order chi connectivity index (χ1) is 9.86. The first kappa shape index (κ1) is 16.2. The third-order valence-corrected chi connectivity index (χ3v) is 6.81. The minimum Gasteiger partial charge on any atom is -0.466 e. The number of aromatic amines is 1. The lowest BCUT2D eigenvalue weighted by atomic mass is 10.0. The smallest absolute Gasteiger partial charge is 0.310 e. The van der Waals surface area contributed by atoms with Crippen molar-refractivity contribution in [2.24, 2.45) is 5.92 Å². The number of nitrogens with one attached hydrogen (secondary N) is 1. The van der Waals surface area contributed by atoms with Crippen LogP contribution in [0.2, 0.25) is 0 Å². The molecule has 118 valence electrons. The molecule has 21 heavy (non-hydrogen) atoms. The Hall–Kier alpha value is -1.19. The molecule has 1 atom stereocenters. The van der Waals surface area contributed by atoms with Gasteiger partial charge in [-0.1, -0.05) is 11.3 Å². The van der Waals surface area contributed by atoms with E-state index in [2.05, 4.69) is 4.98 Å². The molecule has 9 heteroatoms. The molecule has 0 saturated carbocycles. The highest BCUT2D eigenvalue weighted by Crippen LogP contribution is 2.27. The number of thiazole rings is 1. The molecular weight excluding hydrogens is 316 g/mol. The predicted molar refractivity (Wildman–Crippen MR) is 77.8 cm³/mol. The minimum atomic E-state index is -3.74. The Balaban J connectivity index is 2.22. The molecule has 0 unspecified atom stereocenters. The maximum Gasteiger partial charge on any atom is 0.310 e. The Labute approximate surface area is 127 Å². The Kier molecular flexibility index (Phi) is 4.84. The Morgan fingerprint density at radius 2 is 2.24 bits per heavy atom. The van der Waals surface area contributed by atoms with E-state index in [0.29, 0.717) is 36.4 Å². The number of hydrogen-bond acceptors (Lipinski definition) is 6. The van der Waals surface area contributed by atoms with Crippen LogP contribution in [0, 0.1) is 12.8 Å². The first-order valence-electron chi connectivity index (χ1n) is 6.72. The van der Waals surface area contributed by atoms with E-state index in [1.165, 1.54) is 4.31 Å². The fourth-order valence-electron chi connectivity index (χ4n) is 2.37. The van der Waals surface area contributed by atoms with Gasteiger partial charge in [0.05, 0.1) is 12.5 Å². The van der Waals surface area contributed by atoms with Crippen LogP contribution in [0.1, 0.15) is 25.5 Å². The molecule has 1 fully saturated rings. The molecule has 7 nitrogen and oxygen atoms in total. The molecule has 0 amide bonds. The number of sulfonamides is 1. The van der Waals surface area contributed by atoms with Gasteiger partial charge >= 0.3 is 10.8 Å². The fraction of sp³-hybridized carbons (Fsp3) is 0.667. The third kappa shape index (κ3) is 3.35. The van der Waals surface area contributed by atoms with Crippen LogP contribution < -0.4 is 4.87 Å². The van der Waals surface area contributed by atoms with E-state index >= 15 is 0 Å². The number of H-pyrrole nitrogens is 1. The van der Waals surface area contributed by atoms with Gasteiger partial charge in [0.15, 0.2) is 4.21 Å². The Morgan fingerprint density at radius 1 is 1.52 bits per heavy atom. The summed E-state index contributed by atoms with van der Waals surface area (Å²) < 4.78 is 31.4. The Bertz CT molecular complexity index is 676. The summed E-state index contributed by atoms with van der Waals surface area (Å²) in [5, 5.41) is 0. The van der Waals surface area contributed by atoms with Crippen LogP contribution >= 0.6 is 11.3 Å². The van der Waals surface area contributed by atoms with E-state index in [-0.39, 0.29) is 23.3 Å². The summed E-state index contributed by atoms with van der Waals surface area (Å²) in [5.74, 6) is -0.805. The molecule has 0 aromatic carbocycles. The van der Waals surface area contributed by atoms with Crippen molar-refractivity contribution in [3.05, 3.63) is 15.4 Å². The number of aryl methyl sites for hydroxylation is 1. The van der Waals surface area contributed by atoms with Gasteiger partial charge in [0.2, 0.25) is 0 Å². The van der Waals surface area contributed by atoms with Crippen molar-refractivity contribution in [1.29, 1.82) is 0 Å². The normalized spacial score (nSPS) is 20.4. The van der Waals surface area contributed by atoms with E-state index < -0.39 is 20.8 Å². The van der Waals surface area contributed by atoms with Gasteiger partial charge in [-0.3, -0.25) is 9.59 Å². The molecule has 2 heterocycles.